The van der Waals surface area contributed by atoms with Crippen LogP contribution in [0.2, 0.25) is 10.0 Å². The standard InChI is InChI=1S/C30H29ClFN3O5.C29H27ClFN3O5.Li.H2O/c1-39-19-14-34(15-19)28(36)17-8-11-22-25(13-17)35(29(37)26-20(16-6-7-16)4-3-5-23(26)31)33-27(22)21-10-9-18(12-24(21)32)30(38)40-2;1-39-18-13-33(14-18)27(35)16-7-10-21-24(12-16)34(28(36)25-19(15-5-6-15)3-2-4-22(25)30)32-26(21)20-9-8-17(29(37)38)11-23(20)31;;/h3-5,9-10,12,16-17,19H,6-8,11,13-15H2,1-2H3;2-4,8-9,11,15-16,18H,5-7,10,12-14H2,1H3,(H,37,38);;1H2/q;;+1;/p-1. The molecule has 17 nitrogen and oxygen atoms in total. The van der Waals surface area contributed by atoms with Crippen molar-refractivity contribution in [2.75, 3.05) is 47.5 Å². The van der Waals surface area contributed by atoms with Gasteiger partial charge in [0.05, 0.1) is 74.4 Å². The molecule has 4 fully saturated rings. The summed E-state index contributed by atoms with van der Waals surface area (Å²) in [6, 6.07) is 18.6. The number of hydrogen-bond acceptors (Lipinski definition) is 12. The van der Waals surface area contributed by atoms with Gasteiger partial charge in [0.25, 0.3) is 11.8 Å². The number of aromatic carboxylic acids is 1. The number of methoxy groups -OCH3 is 3. The SMILES string of the molecule is COC(=O)c1ccc(-c2nn(C(=O)c3c(Cl)cccc3C3CC3)c3c2CCC(C(=O)N2CC(OC)C2)C3)c(F)c1.COC1CN(C(=O)C2CCc3c(-c4ccc(C(=O)O)cc4F)nn(C(=O)c4c(Cl)cccc4C4CC4)c3C2)C1.[Li+].[OH-]. The summed E-state index contributed by atoms with van der Waals surface area (Å²) >= 11 is 13.1. The van der Waals surface area contributed by atoms with Crippen molar-refractivity contribution in [2.24, 2.45) is 11.8 Å². The molecule has 2 amide bonds. The van der Waals surface area contributed by atoms with Gasteiger partial charge in [-0.1, -0.05) is 47.5 Å². The number of benzene rings is 4. The molecule has 4 aromatic carbocycles. The maximum atomic E-state index is 15.4. The molecule has 0 radical (unpaired) electrons. The molecule has 0 spiro atoms. The topological polar surface area (TPSA) is 222 Å². The molecule has 2 saturated carbocycles. The van der Waals surface area contributed by atoms with Crippen LogP contribution in [0.25, 0.3) is 22.5 Å². The van der Waals surface area contributed by atoms with Gasteiger partial charge in [0.1, 0.15) is 11.6 Å². The number of aromatic nitrogens is 4. The fourth-order valence-electron chi connectivity index (χ4n) is 11.5. The first-order valence-electron chi connectivity index (χ1n) is 26.5. The van der Waals surface area contributed by atoms with Gasteiger partial charge >= 0.3 is 30.8 Å². The molecule has 2 atom stereocenters. The Labute approximate surface area is 487 Å². The second-order valence-electron chi connectivity index (χ2n) is 21.2. The Morgan fingerprint density at radius 2 is 1.00 bits per heavy atom. The van der Waals surface area contributed by atoms with E-state index < -0.39 is 35.4 Å². The second kappa shape index (κ2) is 24.1. The first kappa shape index (κ1) is 59.1. The van der Waals surface area contributed by atoms with Crippen LogP contribution >= 0.6 is 23.2 Å². The molecule has 2 saturated heterocycles. The number of carboxylic acids is 1. The number of rotatable bonds is 12. The summed E-state index contributed by atoms with van der Waals surface area (Å²) in [6.07, 6.45) is 6.51. The first-order chi connectivity index (χ1) is 38.1. The molecule has 2 aliphatic heterocycles. The monoisotopic (exact) mass is 1140 g/mol. The van der Waals surface area contributed by atoms with Crippen LogP contribution in [-0.2, 0) is 49.5 Å². The summed E-state index contributed by atoms with van der Waals surface area (Å²) in [5.74, 6) is -4.22. The van der Waals surface area contributed by atoms with E-state index in [2.05, 4.69) is 10.2 Å². The Hall–Kier alpha value is -6.56. The minimum atomic E-state index is -1.24. The molecule has 0 bridgehead atoms. The van der Waals surface area contributed by atoms with Crippen molar-refractivity contribution in [1.82, 2.24) is 29.4 Å². The van der Waals surface area contributed by atoms with E-state index in [1.54, 1.807) is 36.2 Å². The number of nitrogens with zero attached hydrogens (tertiary/aromatic N) is 6. The van der Waals surface area contributed by atoms with E-state index in [0.717, 1.165) is 54.5 Å². The summed E-state index contributed by atoms with van der Waals surface area (Å²) in [4.78, 5) is 81.5. The van der Waals surface area contributed by atoms with Gasteiger partial charge in [-0.3, -0.25) is 19.2 Å². The number of likely N-dealkylation sites (tertiary alicyclic amines) is 2. The van der Waals surface area contributed by atoms with E-state index in [0.29, 0.717) is 102 Å². The van der Waals surface area contributed by atoms with Crippen molar-refractivity contribution < 1.29 is 81.2 Å². The molecule has 418 valence electrons. The summed E-state index contributed by atoms with van der Waals surface area (Å²) in [6.45, 7) is 2.16. The van der Waals surface area contributed by atoms with E-state index in [1.165, 1.54) is 40.7 Å². The molecule has 6 aromatic rings. The molecule has 81 heavy (non-hydrogen) atoms. The van der Waals surface area contributed by atoms with Crippen molar-refractivity contribution in [3.63, 3.8) is 0 Å². The average Bonchev–Trinajstić information content (AvgIpc) is 4.56. The van der Waals surface area contributed by atoms with Crippen molar-refractivity contribution in [3.05, 3.63) is 150 Å². The Kier molecular flexibility index (Phi) is 17.6. The third-order valence-corrected chi connectivity index (χ3v) is 16.9. The van der Waals surface area contributed by atoms with Gasteiger partial charge < -0.3 is 34.6 Å². The molecule has 12 rings (SSSR count). The van der Waals surface area contributed by atoms with Crippen LogP contribution in [0.3, 0.4) is 0 Å². The normalized spacial score (nSPS) is 18.4. The van der Waals surface area contributed by atoms with Crippen LogP contribution in [-0.4, -0.2) is 135 Å². The van der Waals surface area contributed by atoms with Crippen LogP contribution < -0.4 is 18.9 Å². The Morgan fingerprint density at radius 3 is 1.37 bits per heavy atom. The second-order valence-corrected chi connectivity index (χ2v) is 22.0. The van der Waals surface area contributed by atoms with Gasteiger partial charge in [0.15, 0.2) is 0 Å². The van der Waals surface area contributed by atoms with E-state index in [-0.39, 0.29) is 106 Å². The molecule has 2 unspecified atom stereocenters. The maximum Gasteiger partial charge on any atom is 1.00 e. The minimum absolute atomic E-state index is 0. The number of esters is 1. The number of amides is 2. The van der Waals surface area contributed by atoms with Crippen LogP contribution in [0.1, 0.15) is 125 Å². The predicted molar refractivity (Wildman–Crippen MR) is 288 cm³/mol. The molecule has 2 aromatic heterocycles. The smallest absolute Gasteiger partial charge is 0.870 e. The number of fused-ring (bicyclic) bond motifs is 2. The van der Waals surface area contributed by atoms with Crippen molar-refractivity contribution in [1.29, 1.82) is 0 Å². The van der Waals surface area contributed by atoms with Gasteiger partial charge in [-0.2, -0.15) is 19.6 Å². The fraction of sp³-hybridized carbons (Fsp3) is 0.390. The van der Waals surface area contributed by atoms with E-state index in [9.17, 15) is 33.9 Å². The Balaban J connectivity index is 0.000000191. The van der Waals surface area contributed by atoms with Crippen molar-refractivity contribution in [3.8, 4) is 22.5 Å². The van der Waals surface area contributed by atoms with Crippen LogP contribution in [0.15, 0.2) is 72.8 Å². The molecule has 4 aliphatic carbocycles. The zero-order valence-electron chi connectivity index (χ0n) is 45.1. The zero-order chi connectivity index (χ0) is 55.6. The van der Waals surface area contributed by atoms with Gasteiger partial charge in [-0.05, 0) is 123 Å². The Bertz CT molecular complexity index is 3500. The van der Waals surface area contributed by atoms with Crippen LogP contribution in [0, 0.1) is 23.5 Å². The number of carboxylic acid groups (broad SMARTS) is 1. The van der Waals surface area contributed by atoms with Gasteiger partial charge in [-0.15, -0.1) is 0 Å². The molecule has 22 heteroatoms. The minimum Gasteiger partial charge on any atom is -0.870 e. The fourth-order valence-corrected chi connectivity index (χ4v) is 12.0. The summed E-state index contributed by atoms with van der Waals surface area (Å²) in [5.41, 5.74) is 5.86. The van der Waals surface area contributed by atoms with E-state index in [1.807, 2.05) is 24.3 Å². The molecular weight excluding hydrogens is 1080 g/mol. The van der Waals surface area contributed by atoms with Crippen LogP contribution in [0.5, 0.6) is 0 Å². The van der Waals surface area contributed by atoms with Gasteiger partial charge in [0, 0.05) is 87.3 Å². The van der Waals surface area contributed by atoms with Crippen molar-refractivity contribution in [2.45, 2.75) is 88.3 Å². The third-order valence-electron chi connectivity index (χ3n) is 16.3. The number of carbonyl (C=O) groups is 6. The van der Waals surface area contributed by atoms with Crippen molar-refractivity contribution >= 4 is 58.8 Å². The third kappa shape index (κ3) is 11.4. The number of ether oxygens (including phenoxy) is 3. The average molecular weight is 1140 g/mol. The summed E-state index contributed by atoms with van der Waals surface area (Å²) in [5, 5.41) is 19.2. The molecule has 6 aliphatic rings. The molecule has 4 heterocycles. The summed E-state index contributed by atoms with van der Waals surface area (Å²) < 4.78 is 48.5. The molecule has 2 N–H and O–H groups in total. The van der Waals surface area contributed by atoms with Gasteiger partial charge in [0.2, 0.25) is 11.8 Å². The predicted octanol–water partition coefficient (Wildman–Crippen LogP) is 6.05. The first-order valence-corrected chi connectivity index (χ1v) is 27.2. The zero-order valence-corrected chi connectivity index (χ0v) is 46.6. The molecular formula is C59H57Cl2F2LiN6O11. The quantitative estimate of drug-likeness (QED) is 0.109. The summed E-state index contributed by atoms with van der Waals surface area (Å²) in [7, 11) is 4.49. The van der Waals surface area contributed by atoms with Crippen LogP contribution in [0.4, 0.5) is 8.78 Å². The van der Waals surface area contributed by atoms with E-state index in [4.69, 9.17) is 37.4 Å². The van der Waals surface area contributed by atoms with E-state index >= 15 is 8.78 Å². The number of hydrogen-bond donors (Lipinski definition) is 1. The Morgan fingerprint density at radius 1 is 0.593 bits per heavy atom. The maximum absolute atomic E-state index is 15.4. The number of carbonyl (C=O) groups excluding carboxylic acids is 5. The number of halogens is 4. The largest absolute Gasteiger partial charge is 1.00 e. The van der Waals surface area contributed by atoms with Gasteiger partial charge in [-0.25, -0.2) is 18.4 Å².